The second-order valence-corrected chi connectivity index (χ2v) is 4.05. The van der Waals surface area contributed by atoms with Crippen LogP contribution in [0.25, 0.3) is 0 Å². The van der Waals surface area contributed by atoms with Crippen LogP contribution in [0.1, 0.15) is 24.8 Å². The number of rotatable bonds is 1. The normalized spacial score (nSPS) is 25.3. The molecule has 0 saturated heterocycles. The maximum atomic E-state index is 11.8. The monoisotopic (exact) mass is 204 g/mol. The van der Waals surface area contributed by atoms with Crippen molar-refractivity contribution in [3.05, 3.63) is 29.8 Å². The first-order valence-corrected chi connectivity index (χ1v) is 5.29. The van der Waals surface area contributed by atoms with E-state index in [1.54, 1.807) is 0 Å². The van der Waals surface area contributed by atoms with Crippen molar-refractivity contribution in [1.29, 1.82) is 0 Å². The fraction of sp³-hybridized carbons (Fsp3) is 0.417. The Morgan fingerprint density at radius 3 is 2.87 bits per heavy atom. The van der Waals surface area contributed by atoms with Crippen molar-refractivity contribution in [2.75, 3.05) is 12.4 Å². The molecular weight excluding hydrogens is 188 g/mol. The summed E-state index contributed by atoms with van der Waals surface area (Å²) in [6.07, 6.45) is 0.847. The Labute approximate surface area is 89.9 Å². The van der Waals surface area contributed by atoms with Gasteiger partial charge in [-0.15, -0.1) is 0 Å². The molecule has 0 aliphatic carbocycles. The highest BCUT2D eigenvalue weighted by Gasteiger charge is 2.25. The van der Waals surface area contributed by atoms with E-state index in [2.05, 4.69) is 23.6 Å². The Hall–Kier alpha value is -1.35. The molecule has 0 fully saturated rings. The Kier molecular flexibility index (Phi) is 2.73. The minimum absolute atomic E-state index is 0.0642. The second kappa shape index (κ2) is 4.03. The first-order chi connectivity index (χ1) is 7.22. The molecule has 2 rings (SSSR count). The lowest BCUT2D eigenvalue weighted by Crippen LogP contribution is -2.37. The van der Waals surface area contributed by atoms with Crippen molar-refractivity contribution in [2.24, 2.45) is 0 Å². The number of fused-ring (bicyclic) bond motifs is 1. The van der Waals surface area contributed by atoms with Gasteiger partial charge in [-0.2, -0.15) is 0 Å². The van der Waals surface area contributed by atoms with Gasteiger partial charge >= 0.3 is 0 Å². The number of para-hydroxylation sites is 1. The highest BCUT2D eigenvalue weighted by atomic mass is 16.2. The molecule has 0 saturated carbocycles. The van der Waals surface area contributed by atoms with Crippen molar-refractivity contribution in [3.8, 4) is 0 Å². The van der Waals surface area contributed by atoms with Gasteiger partial charge in [0.15, 0.2) is 0 Å². The van der Waals surface area contributed by atoms with Gasteiger partial charge in [-0.05, 0) is 31.0 Å². The molecule has 1 heterocycles. The molecule has 1 aliphatic rings. The summed E-state index contributed by atoms with van der Waals surface area (Å²) >= 11 is 0. The molecule has 1 aromatic rings. The van der Waals surface area contributed by atoms with E-state index in [1.807, 2.05) is 25.2 Å². The van der Waals surface area contributed by atoms with E-state index in [0.717, 1.165) is 12.1 Å². The van der Waals surface area contributed by atoms with Crippen LogP contribution in [0.3, 0.4) is 0 Å². The molecule has 15 heavy (non-hydrogen) atoms. The van der Waals surface area contributed by atoms with Crippen LogP contribution in [0.5, 0.6) is 0 Å². The fourth-order valence-electron chi connectivity index (χ4n) is 2.10. The summed E-state index contributed by atoms with van der Waals surface area (Å²) in [6.45, 7) is 2.16. The molecule has 1 amide bonds. The number of likely N-dealkylation sites (N-methyl/N-ethyl adjacent to an activating group) is 1. The number of hydrogen-bond acceptors (Lipinski definition) is 2. The van der Waals surface area contributed by atoms with Crippen LogP contribution >= 0.6 is 0 Å². The molecule has 2 atom stereocenters. The molecule has 0 spiro atoms. The zero-order valence-electron chi connectivity index (χ0n) is 9.08. The summed E-state index contributed by atoms with van der Waals surface area (Å²) in [5.41, 5.74) is 2.18. The van der Waals surface area contributed by atoms with Gasteiger partial charge < -0.3 is 10.6 Å². The number of carbonyl (C=O) groups is 1. The largest absolute Gasteiger partial charge is 0.324 e. The molecule has 0 bridgehead atoms. The highest BCUT2D eigenvalue weighted by molar-refractivity contribution is 5.96. The van der Waals surface area contributed by atoms with Crippen LogP contribution in [-0.4, -0.2) is 19.0 Å². The number of anilines is 1. The van der Waals surface area contributed by atoms with Gasteiger partial charge in [0.25, 0.3) is 0 Å². The summed E-state index contributed by atoms with van der Waals surface area (Å²) < 4.78 is 0. The van der Waals surface area contributed by atoms with E-state index in [4.69, 9.17) is 0 Å². The Bertz CT molecular complexity index is 376. The van der Waals surface area contributed by atoms with E-state index in [0.29, 0.717) is 5.92 Å². The highest BCUT2D eigenvalue weighted by Crippen LogP contribution is 2.30. The summed E-state index contributed by atoms with van der Waals surface area (Å²) in [7, 11) is 1.83. The minimum atomic E-state index is -0.0904. The van der Waals surface area contributed by atoms with Gasteiger partial charge in [0.2, 0.25) is 5.91 Å². The SMILES string of the molecule is CNC1CC(C)c2ccccc2NC1=O. The standard InChI is InChI=1S/C12H16N2O/c1-8-7-11(13-2)12(15)14-10-6-4-3-5-9(8)10/h3-6,8,11,13H,7H2,1-2H3,(H,14,15). The van der Waals surface area contributed by atoms with Crippen LogP contribution in [0.2, 0.25) is 0 Å². The maximum absolute atomic E-state index is 11.8. The molecule has 80 valence electrons. The van der Waals surface area contributed by atoms with Gasteiger partial charge in [-0.25, -0.2) is 0 Å². The zero-order valence-corrected chi connectivity index (χ0v) is 9.08. The van der Waals surface area contributed by atoms with E-state index in [1.165, 1.54) is 5.56 Å². The van der Waals surface area contributed by atoms with Gasteiger partial charge in [-0.3, -0.25) is 4.79 Å². The van der Waals surface area contributed by atoms with Crippen LogP contribution < -0.4 is 10.6 Å². The maximum Gasteiger partial charge on any atom is 0.241 e. The third-order valence-corrected chi connectivity index (χ3v) is 3.00. The third kappa shape index (κ3) is 1.88. The summed E-state index contributed by atoms with van der Waals surface area (Å²) in [5, 5.41) is 6.00. The van der Waals surface area contributed by atoms with Crippen LogP contribution in [0.4, 0.5) is 5.69 Å². The van der Waals surface area contributed by atoms with E-state index in [9.17, 15) is 4.79 Å². The molecule has 1 aliphatic heterocycles. The smallest absolute Gasteiger partial charge is 0.241 e. The molecule has 3 nitrogen and oxygen atoms in total. The quantitative estimate of drug-likeness (QED) is 0.731. The van der Waals surface area contributed by atoms with Crippen molar-refractivity contribution < 1.29 is 4.79 Å². The number of amides is 1. The van der Waals surface area contributed by atoms with Crippen LogP contribution in [0, 0.1) is 0 Å². The second-order valence-electron chi connectivity index (χ2n) is 4.05. The number of nitrogens with one attached hydrogen (secondary N) is 2. The van der Waals surface area contributed by atoms with Crippen molar-refractivity contribution in [2.45, 2.75) is 25.3 Å². The van der Waals surface area contributed by atoms with Crippen LogP contribution in [-0.2, 0) is 4.79 Å². The van der Waals surface area contributed by atoms with Crippen molar-refractivity contribution >= 4 is 11.6 Å². The van der Waals surface area contributed by atoms with Crippen molar-refractivity contribution in [1.82, 2.24) is 5.32 Å². The minimum Gasteiger partial charge on any atom is -0.324 e. The summed E-state index contributed by atoms with van der Waals surface area (Å²) in [4.78, 5) is 11.8. The predicted octanol–water partition coefficient (Wildman–Crippen LogP) is 1.72. The average molecular weight is 204 g/mol. The van der Waals surface area contributed by atoms with E-state index < -0.39 is 0 Å². The molecular formula is C12H16N2O. The Morgan fingerprint density at radius 1 is 1.40 bits per heavy atom. The van der Waals surface area contributed by atoms with Crippen LogP contribution in [0.15, 0.2) is 24.3 Å². The number of benzene rings is 1. The lowest BCUT2D eigenvalue weighted by molar-refractivity contribution is -0.118. The number of hydrogen-bond donors (Lipinski definition) is 2. The van der Waals surface area contributed by atoms with E-state index >= 15 is 0 Å². The Morgan fingerprint density at radius 2 is 2.13 bits per heavy atom. The summed E-state index contributed by atoms with van der Waals surface area (Å²) in [5.74, 6) is 0.465. The molecule has 0 aromatic heterocycles. The zero-order chi connectivity index (χ0) is 10.8. The fourth-order valence-corrected chi connectivity index (χ4v) is 2.10. The topological polar surface area (TPSA) is 41.1 Å². The lowest BCUT2D eigenvalue weighted by Gasteiger charge is -2.14. The van der Waals surface area contributed by atoms with Gasteiger partial charge in [-0.1, -0.05) is 25.1 Å². The first-order valence-electron chi connectivity index (χ1n) is 5.29. The van der Waals surface area contributed by atoms with Crippen molar-refractivity contribution in [3.63, 3.8) is 0 Å². The number of carbonyl (C=O) groups excluding carboxylic acids is 1. The molecule has 3 heteroatoms. The molecule has 2 unspecified atom stereocenters. The van der Waals surface area contributed by atoms with E-state index in [-0.39, 0.29) is 11.9 Å². The third-order valence-electron chi connectivity index (χ3n) is 3.00. The predicted molar refractivity (Wildman–Crippen MR) is 61.0 cm³/mol. The molecule has 1 aromatic carbocycles. The summed E-state index contributed by atoms with van der Waals surface area (Å²) in [6, 6.07) is 7.92. The van der Waals surface area contributed by atoms with Gasteiger partial charge in [0, 0.05) is 5.69 Å². The van der Waals surface area contributed by atoms with Gasteiger partial charge in [0.05, 0.1) is 6.04 Å². The van der Waals surface area contributed by atoms with Gasteiger partial charge in [0.1, 0.15) is 0 Å². The Balaban J connectivity index is 2.37. The molecule has 2 N–H and O–H groups in total. The first kappa shape index (κ1) is 10.2. The lowest BCUT2D eigenvalue weighted by atomic mass is 9.94. The average Bonchev–Trinajstić information content (AvgIpc) is 2.37. The molecule has 0 radical (unpaired) electrons.